The van der Waals surface area contributed by atoms with Gasteiger partial charge in [0.25, 0.3) is 0 Å². The van der Waals surface area contributed by atoms with Gasteiger partial charge in [0, 0.05) is 35.8 Å². The Kier molecular flexibility index (Phi) is 7.82. The van der Waals surface area contributed by atoms with Crippen molar-refractivity contribution in [3.8, 4) is 11.4 Å². The maximum Gasteiger partial charge on any atom is 0.187 e. The van der Waals surface area contributed by atoms with Gasteiger partial charge in [-0.2, -0.15) is 5.10 Å². The highest BCUT2D eigenvalue weighted by atomic mass is 32.1. The van der Waals surface area contributed by atoms with Crippen molar-refractivity contribution in [1.29, 1.82) is 0 Å². The quantitative estimate of drug-likeness (QED) is 0.413. The van der Waals surface area contributed by atoms with Crippen LogP contribution in [0.3, 0.4) is 0 Å². The third-order valence-electron chi connectivity index (χ3n) is 4.04. The van der Waals surface area contributed by atoms with Crippen molar-refractivity contribution in [2.24, 2.45) is 5.10 Å². The number of thiocarbonyl (C=S) groups is 1. The number of aromatic nitrogens is 1. The highest BCUT2D eigenvalue weighted by Gasteiger charge is 2.10. The highest BCUT2D eigenvalue weighted by molar-refractivity contribution is 7.80. The maximum absolute atomic E-state index is 5.52. The van der Waals surface area contributed by atoms with Crippen LogP contribution in [0, 0.1) is 13.8 Å². The Labute approximate surface area is 166 Å². The molecule has 146 valence electrons. The molecule has 1 aromatic carbocycles. The first-order valence-electron chi connectivity index (χ1n) is 8.97. The predicted molar refractivity (Wildman–Crippen MR) is 114 cm³/mol. The molecule has 0 saturated carbocycles. The molecule has 0 radical (unpaired) electrons. The summed E-state index contributed by atoms with van der Waals surface area (Å²) in [6.07, 6.45) is 1.78. The fourth-order valence-corrected chi connectivity index (χ4v) is 3.14. The molecule has 2 aromatic rings. The van der Waals surface area contributed by atoms with Crippen molar-refractivity contribution in [2.75, 3.05) is 20.3 Å². The molecule has 2 rings (SSSR count). The zero-order chi connectivity index (χ0) is 19.8. The molecule has 7 heteroatoms. The summed E-state index contributed by atoms with van der Waals surface area (Å²) in [6, 6.07) is 10.3. The van der Waals surface area contributed by atoms with Gasteiger partial charge < -0.3 is 19.4 Å². The van der Waals surface area contributed by atoms with Crippen LogP contribution in [-0.2, 0) is 4.74 Å². The van der Waals surface area contributed by atoms with E-state index in [9.17, 15) is 0 Å². The number of hydrogen-bond donors (Lipinski definition) is 2. The van der Waals surface area contributed by atoms with Crippen molar-refractivity contribution in [3.05, 3.63) is 47.3 Å². The average Bonchev–Trinajstić information content (AvgIpc) is 2.90. The van der Waals surface area contributed by atoms with Gasteiger partial charge in [-0.25, -0.2) is 0 Å². The second-order valence-corrected chi connectivity index (χ2v) is 6.70. The van der Waals surface area contributed by atoms with E-state index in [0.29, 0.717) is 18.3 Å². The molecule has 1 aromatic heterocycles. The molecular formula is C20H28N4O2S. The molecule has 0 aliphatic heterocycles. The number of nitrogens with zero attached hydrogens (tertiary/aromatic N) is 2. The number of aryl methyl sites for hydroxylation is 1. The van der Waals surface area contributed by atoms with Crippen LogP contribution in [0.5, 0.6) is 5.75 Å². The Bertz CT molecular complexity index is 784. The minimum Gasteiger partial charge on any atom is -0.494 e. The summed E-state index contributed by atoms with van der Waals surface area (Å²) in [7, 11) is 1.66. The first-order valence-corrected chi connectivity index (χ1v) is 9.37. The third kappa shape index (κ3) is 5.80. The fraction of sp³-hybridized carbons (Fsp3) is 0.400. The van der Waals surface area contributed by atoms with E-state index < -0.39 is 0 Å². The number of ether oxygens (including phenoxy) is 2. The zero-order valence-corrected chi connectivity index (χ0v) is 17.4. The lowest BCUT2D eigenvalue weighted by Gasteiger charge is -2.13. The van der Waals surface area contributed by atoms with Crippen LogP contribution in [0.1, 0.15) is 30.8 Å². The Morgan fingerprint density at radius 2 is 2.00 bits per heavy atom. The van der Waals surface area contributed by atoms with Crippen LogP contribution in [0.15, 0.2) is 35.4 Å². The molecule has 0 spiro atoms. The number of hydrogen-bond acceptors (Lipinski definition) is 4. The van der Waals surface area contributed by atoms with Crippen molar-refractivity contribution in [1.82, 2.24) is 15.3 Å². The number of hydrazone groups is 1. The van der Waals surface area contributed by atoms with Crippen LogP contribution in [0.4, 0.5) is 0 Å². The van der Waals surface area contributed by atoms with Crippen LogP contribution in [0.2, 0.25) is 0 Å². The van der Waals surface area contributed by atoms with Crippen LogP contribution in [0.25, 0.3) is 5.69 Å². The van der Waals surface area contributed by atoms with Crippen molar-refractivity contribution < 1.29 is 9.47 Å². The molecule has 27 heavy (non-hydrogen) atoms. The van der Waals surface area contributed by atoms with Gasteiger partial charge in [-0.15, -0.1) is 0 Å². The lowest BCUT2D eigenvalue weighted by Crippen LogP contribution is -2.40. The Morgan fingerprint density at radius 3 is 2.63 bits per heavy atom. The van der Waals surface area contributed by atoms with E-state index >= 15 is 0 Å². The molecule has 0 amide bonds. The van der Waals surface area contributed by atoms with Gasteiger partial charge in [0.2, 0.25) is 0 Å². The SMILES string of the molecule is CCOc1ccc(-n2c(C)cc(/C=N\NC(=S)N[C@H](C)COC)c2C)cc1. The van der Waals surface area contributed by atoms with E-state index in [0.717, 1.165) is 28.4 Å². The molecule has 0 saturated heterocycles. The highest BCUT2D eigenvalue weighted by Crippen LogP contribution is 2.22. The summed E-state index contributed by atoms with van der Waals surface area (Å²) < 4.78 is 12.8. The molecular weight excluding hydrogens is 360 g/mol. The summed E-state index contributed by atoms with van der Waals surface area (Å²) in [5, 5.41) is 7.82. The summed E-state index contributed by atoms with van der Waals surface area (Å²) in [5.41, 5.74) is 7.20. The lowest BCUT2D eigenvalue weighted by atomic mass is 10.2. The van der Waals surface area contributed by atoms with E-state index in [4.69, 9.17) is 21.7 Å². The van der Waals surface area contributed by atoms with E-state index in [1.165, 1.54) is 0 Å². The van der Waals surface area contributed by atoms with Gasteiger partial charge >= 0.3 is 0 Å². The Hall–Kier alpha value is -2.38. The van der Waals surface area contributed by atoms with Gasteiger partial charge in [0.05, 0.1) is 19.4 Å². The molecule has 0 unspecified atom stereocenters. The third-order valence-corrected chi connectivity index (χ3v) is 4.25. The fourth-order valence-electron chi connectivity index (χ4n) is 2.88. The lowest BCUT2D eigenvalue weighted by molar-refractivity contribution is 0.179. The number of methoxy groups -OCH3 is 1. The summed E-state index contributed by atoms with van der Waals surface area (Å²) in [5.74, 6) is 0.874. The molecule has 1 heterocycles. The number of rotatable bonds is 8. The maximum atomic E-state index is 5.52. The molecule has 0 fully saturated rings. The van der Waals surface area contributed by atoms with E-state index in [2.05, 4.69) is 52.5 Å². The monoisotopic (exact) mass is 388 g/mol. The summed E-state index contributed by atoms with van der Waals surface area (Å²) in [4.78, 5) is 0. The minimum atomic E-state index is 0.120. The van der Waals surface area contributed by atoms with Crippen molar-refractivity contribution in [2.45, 2.75) is 33.7 Å². The number of benzene rings is 1. The molecule has 6 nitrogen and oxygen atoms in total. The minimum absolute atomic E-state index is 0.120. The van der Waals surface area contributed by atoms with Crippen LogP contribution in [-0.4, -0.2) is 42.3 Å². The standard InChI is InChI=1S/C20H28N4O2S/c1-6-26-19-9-7-18(8-10-19)24-15(3)11-17(16(24)4)12-21-23-20(27)22-14(2)13-25-5/h7-12,14H,6,13H2,1-5H3,(H2,22,23,27)/b21-12-/t14-/m1/s1. The van der Waals surface area contributed by atoms with Crippen molar-refractivity contribution in [3.63, 3.8) is 0 Å². The molecule has 0 bridgehead atoms. The second-order valence-electron chi connectivity index (χ2n) is 6.29. The smallest absolute Gasteiger partial charge is 0.187 e. The van der Waals surface area contributed by atoms with Crippen LogP contribution < -0.4 is 15.5 Å². The predicted octanol–water partition coefficient (Wildman–Crippen LogP) is 3.33. The normalized spacial score (nSPS) is 12.2. The van der Waals surface area contributed by atoms with Crippen molar-refractivity contribution >= 4 is 23.5 Å². The average molecular weight is 389 g/mol. The molecule has 1 atom stereocenters. The first kappa shape index (κ1) is 20.9. The number of nitrogens with one attached hydrogen (secondary N) is 2. The first-order chi connectivity index (χ1) is 13.0. The Balaban J connectivity index is 2.07. The van der Waals surface area contributed by atoms with Gasteiger partial charge in [-0.3, -0.25) is 5.43 Å². The summed E-state index contributed by atoms with van der Waals surface area (Å²) >= 11 is 5.23. The van der Waals surface area contributed by atoms with Crippen LogP contribution >= 0.6 is 12.2 Å². The van der Waals surface area contributed by atoms with E-state index in [1.807, 2.05) is 26.0 Å². The summed E-state index contributed by atoms with van der Waals surface area (Å²) in [6.45, 7) is 9.36. The van der Waals surface area contributed by atoms with E-state index in [1.54, 1.807) is 13.3 Å². The molecule has 0 aliphatic carbocycles. The van der Waals surface area contributed by atoms with Gasteiger partial charge in [-0.05, 0) is 70.2 Å². The zero-order valence-electron chi connectivity index (χ0n) is 16.6. The second kappa shape index (κ2) is 10.1. The largest absolute Gasteiger partial charge is 0.494 e. The Morgan fingerprint density at radius 1 is 1.30 bits per heavy atom. The van der Waals surface area contributed by atoms with Gasteiger partial charge in [0.15, 0.2) is 5.11 Å². The van der Waals surface area contributed by atoms with E-state index in [-0.39, 0.29) is 6.04 Å². The topological polar surface area (TPSA) is 59.8 Å². The molecule has 0 aliphatic rings. The van der Waals surface area contributed by atoms with Gasteiger partial charge in [0.1, 0.15) is 5.75 Å². The molecule has 2 N–H and O–H groups in total. The van der Waals surface area contributed by atoms with Gasteiger partial charge in [-0.1, -0.05) is 0 Å².